The molecule has 0 aliphatic heterocycles. The number of nitrogens with zero attached hydrogens (tertiary/aromatic N) is 2. The number of rotatable bonds is 2. The lowest BCUT2D eigenvalue weighted by atomic mass is 10.3. The van der Waals surface area contributed by atoms with Gasteiger partial charge in [0, 0.05) is 12.3 Å². The van der Waals surface area contributed by atoms with Crippen molar-refractivity contribution >= 4 is 0 Å². The quantitative estimate of drug-likeness (QED) is 0.739. The Labute approximate surface area is 87.6 Å². The molecule has 0 unspecified atom stereocenters. The first kappa shape index (κ1) is 9.22. The largest absolute Gasteiger partial charge is 0.437 e. The monoisotopic (exact) mass is 195 g/mol. The fraction of sp³-hybridized carbons (Fsp3) is 0. The molecule has 3 heteroatoms. The van der Waals surface area contributed by atoms with E-state index in [2.05, 4.69) is 11.1 Å². The third kappa shape index (κ3) is 2.12. The second kappa shape index (κ2) is 4.25. The number of aromatic nitrogens is 1. The number of benzene rings is 1. The van der Waals surface area contributed by atoms with Gasteiger partial charge in [0.15, 0.2) is 0 Å². The van der Waals surface area contributed by atoms with Crippen LogP contribution in [0, 0.1) is 17.4 Å². The van der Waals surface area contributed by atoms with Crippen LogP contribution >= 0.6 is 0 Å². The lowest BCUT2D eigenvalue weighted by Gasteiger charge is -2.04. The Morgan fingerprint density at radius 3 is 2.93 bits per heavy atom. The molecule has 0 fully saturated rings. The zero-order valence-electron chi connectivity index (χ0n) is 7.84. The summed E-state index contributed by atoms with van der Waals surface area (Å²) >= 11 is 0. The van der Waals surface area contributed by atoms with Crippen LogP contribution in [-0.2, 0) is 0 Å². The molecular weight excluding hydrogens is 188 g/mol. The predicted octanol–water partition coefficient (Wildman–Crippen LogP) is 2.55. The summed E-state index contributed by atoms with van der Waals surface area (Å²) in [4.78, 5) is 3.98. The van der Waals surface area contributed by atoms with Crippen molar-refractivity contribution < 1.29 is 4.74 Å². The molecule has 0 aliphatic carbocycles. The van der Waals surface area contributed by atoms with Gasteiger partial charge in [-0.25, -0.2) is 4.98 Å². The van der Waals surface area contributed by atoms with Gasteiger partial charge < -0.3 is 4.74 Å². The first-order chi connectivity index (χ1) is 7.40. The van der Waals surface area contributed by atoms with Crippen LogP contribution in [0.1, 0.15) is 5.56 Å². The maximum absolute atomic E-state index is 8.82. The van der Waals surface area contributed by atoms with Gasteiger partial charge in [-0.2, -0.15) is 5.26 Å². The zero-order chi connectivity index (χ0) is 10.5. The Balaban J connectivity index is 2.29. The molecule has 3 nitrogen and oxygen atoms in total. The van der Waals surface area contributed by atoms with E-state index in [9.17, 15) is 0 Å². The molecule has 0 atom stereocenters. The van der Waals surface area contributed by atoms with Crippen LogP contribution < -0.4 is 4.74 Å². The van der Waals surface area contributed by atoms with Gasteiger partial charge in [0.1, 0.15) is 17.4 Å². The summed E-state index contributed by atoms with van der Waals surface area (Å²) in [7, 11) is 0. The Kier molecular flexibility index (Phi) is 2.61. The smallest absolute Gasteiger partial charge is 0.237 e. The van der Waals surface area contributed by atoms with E-state index < -0.39 is 0 Å². The maximum Gasteiger partial charge on any atom is 0.237 e. The van der Waals surface area contributed by atoms with Crippen molar-refractivity contribution in [3.8, 4) is 17.7 Å². The van der Waals surface area contributed by atoms with Crippen molar-refractivity contribution in [3.05, 3.63) is 54.2 Å². The second-order valence-electron chi connectivity index (χ2n) is 2.80. The minimum absolute atomic E-state index is 0.308. The summed E-state index contributed by atoms with van der Waals surface area (Å²) < 4.78 is 5.41. The average molecular weight is 195 g/mol. The number of para-hydroxylation sites is 1. The molecule has 1 aromatic heterocycles. The molecule has 0 aliphatic rings. The van der Waals surface area contributed by atoms with E-state index in [0.29, 0.717) is 17.2 Å². The highest BCUT2D eigenvalue weighted by Gasteiger charge is 2.04. The summed E-state index contributed by atoms with van der Waals surface area (Å²) in [5.41, 5.74) is 0.412. The van der Waals surface area contributed by atoms with Crippen molar-refractivity contribution in [2.45, 2.75) is 0 Å². The lowest BCUT2D eigenvalue weighted by molar-refractivity contribution is 0.460. The molecule has 1 aromatic carbocycles. The summed E-state index contributed by atoms with van der Waals surface area (Å²) in [5.74, 6) is 0.857. The third-order valence-corrected chi connectivity index (χ3v) is 1.78. The van der Waals surface area contributed by atoms with Crippen LogP contribution in [0.3, 0.4) is 0 Å². The van der Waals surface area contributed by atoms with E-state index in [1.165, 1.54) is 0 Å². The van der Waals surface area contributed by atoms with E-state index in [1.54, 1.807) is 30.5 Å². The van der Waals surface area contributed by atoms with Gasteiger partial charge in [-0.3, -0.25) is 0 Å². The van der Waals surface area contributed by atoms with Gasteiger partial charge in [-0.1, -0.05) is 18.2 Å². The van der Waals surface area contributed by atoms with Crippen molar-refractivity contribution in [1.82, 2.24) is 4.98 Å². The minimum Gasteiger partial charge on any atom is -0.437 e. The van der Waals surface area contributed by atoms with Crippen LogP contribution in [0.15, 0.2) is 42.6 Å². The van der Waals surface area contributed by atoms with Gasteiger partial charge in [-0.05, 0) is 18.2 Å². The van der Waals surface area contributed by atoms with Gasteiger partial charge in [0.2, 0.25) is 5.88 Å². The van der Waals surface area contributed by atoms with E-state index >= 15 is 0 Å². The molecule has 0 saturated heterocycles. The molecule has 0 amide bonds. The fourth-order valence-corrected chi connectivity index (χ4v) is 1.10. The highest BCUT2D eigenvalue weighted by molar-refractivity contribution is 5.39. The van der Waals surface area contributed by atoms with Gasteiger partial charge >= 0.3 is 0 Å². The first-order valence-corrected chi connectivity index (χ1v) is 4.40. The summed E-state index contributed by atoms with van der Waals surface area (Å²) in [6.07, 6.45) is 1.58. The van der Waals surface area contributed by atoms with Crippen LogP contribution in [0.4, 0.5) is 0 Å². The summed E-state index contributed by atoms with van der Waals surface area (Å²) in [6.45, 7) is 0. The highest BCUT2D eigenvalue weighted by atomic mass is 16.5. The topological polar surface area (TPSA) is 45.9 Å². The summed E-state index contributed by atoms with van der Waals surface area (Å²) in [6, 6.07) is 15.4. The molecule has 1 radical (unpaired) electrons. The van der Waals surface area contributed by atoms with E-state index in [4.69, 9.17) is 10.00 Å². The molecule has 0 bridgehead atoms. The summed E-state index contributed by atoms with van der Waals surface area (Å²) in [5, 5.41) is 8.82. The van der Waals surface area contributed by atoms with E-state index in [-0.39, 0.29) is 0 Å². The van der Waals surface area contributed by atoms with Crippen LogP contribution in [-0.4, -0.2) is 4.98 Å². The Morgan fingerprint density at radius 1 is 1.27 bits per heavy atom. The molecule has 2 rings (SSSR count). The van der Waals surface area contributed by atoms with Crippen LogP contribution in [0.2, 0.25) is 0 Å². The molecular formula is C12H7N2O. The molecule has 0 spiro atoms. The number of nitriles is 1. The number of hydrogen-bond donors (Lipinski definition) is 0. The normalized spacial score (nSPS) is 9.27. The SMILES string of the molecule is N#Cc1cccnc1Oc1[c]cccc1. The number of pyridine rings is 1. The zero-order valence-corrected chi connectivity index (χ0v) is 7.84. The van der Waals surface area contributed by atoms with Gasteiger partial charge in [0.05, 0.1) is 0 Å². The molecule has 2 aromatic rings. The second-order valence-corrected chi connectivity index (χ2v) is 2.80. The molecule has 15 heavy (non-hydrogen) atoms. The number of hydrogen-bond acceptors (Lipinski definition) is 3. The molecule has 0 N–H and O–H groups in total. The minimum atomic E-state index is 0.308. The maximum atomic E-state index is 8.82. The third-order valence-electron chi connectivity index (χ3n) is 1.78. The van der Waals surface area contributed by atoms with Crippen molar-refractivity contribution in [2.75, 3.05) is 0 Å². The highest BCUT2D eigenvalue weighted by Crippen LogP contribution is 2.20. The fourth-order valence-electron chi connectivity index (χ4n) is 1.10. The van der Waals surface area contributed by atoms with Gasteiger partial charge in [-0.15, -0.1) is 0 Å². The lowest BCUT2D eigenvalue weighted by Crippen LogP contribution is -1.90. The standard InChI is InChI=1S/C12H7N2O/c13-9-10-5-4-8-14-12(10)15-11-6-2-1-3-7-11/h1-6,8H. The first-order valence-electron chi connectivity index (χ1n) is 4.40. The van der Waals surface area contributed by atoms with Crippen LogP contribution in [0.5, 0.6) is 11.6 Å². The van der Waals surface area contributed by atoms with Crippen molar-refractivity contribution in [3.63, 3.8) is 0 Å². The number of ether oxygens (including phenoxy) is 1. The molecule has 0 saturated carbocycles. The Hall–Kier alpha value is -2.34. The molecule has 71 valence electrons. The molecule has 1 heterocycles. The van der Waals surface area contributed by atoms with Crippen LogP contribution in [0.25, 0.3) is 0 Å². The van der Waals surface area contributed by atoms with E-state index in [1.807, 2.05) is 18.2 Å². The Morgan fingerprint density at radius 2 is 2.20 bits per heavy atom. The van der Waals surface area contributed by atoms with Crippen molar-refractivity contribution in [1.29, 1.82) is 5.26 Å². The van der Waals surface area contributed by atoms with E-state index in [0.717, 1.165) is 0 Å². The Bertz CT molecular complexity index is 488. The van der Waals surface area contributed by atoms with Gasteiger partial charge in [0.25, 0.3) is 0 Å². The van der Waals surface area contributed by atoms with Crippen molar-refractivity contribution in [2.24, 2.45) is 0 Å². The average Bonchev–Trinajstić information content (AvgIpc) is 2.31. The predicted molar refractivity (Wildman–Crippen MR) is 54.3 cm³/mol.